The van der Waals surface area contributed by atoms with Crippen LogP contribution in [0.3, 0.4) is 0 Å². The van der Waals surface area contributed by atoms with Crippen molar-refractivity contribution in [1.29, 1.82) is 0 Å². The Labute approximate surface area is 118 Å². The van der Waals surface area contributed by atoms with Crippen LogP contribution >= 0.6 is 11.6 Å². The Bertz CT molecular complexity index is 426. The minimum absolute atomic E-state index is 0.0210. The second-order valence-corrected chi connectivity index (χ2v) is 5.23. The maximum Gasteiger partial charge on any atom is 0.324 e. The van der Waals surface area contributed by atoms with Gasteiger partial charge in [0.05, 0.1) is 6.10 Å². The number of hydrogen-bond acceptors (Lipinski definition) is 6. The lowest BCUT2D eigenvalue weighted by Gasteiger charge is -2.15. The number of rotatable bonds is 7. The molecular formula is C12H19ClN4O2. The quantitative estimate of drug-likeness (QED) is 0.761. The summed E-state index contributed by atoms with van der Waals surface area (Å²) in [5.74, 6) is 0. The summed E-state index contributed by atoms with van der Waals surface area (Å²) in [6.45, 7) is 5.15. The standard InChI is InChI=1S/C12H19ClN4O2/c1-8(2)19-12-15-10(13)14-11(16-12)18-7-6-17(3)9-4-5-9/h8-9H,4-7H2,1-3H3. The van der Waals surface area contributed by atoms with Gasteiger partial charge in [-0.2, -0.15) is 9.97 Å². The monoisotopic (exact) mass is 286 g/mol. The summed E-state index contributed by atoms with van der Waals surface area (Å²) >= 11 is 5.80. The van der Waals surface area contributed by atoms with Gasteiger partial charge in [-0.25, -0.2) is 0 Å². The summed E-state index contributed by atoms with van der Waals surface area (Å²) in [4.78, 5) is 14.1. The van der Waals surface area contributed by atoms with Gasteiger partial charge in [-0.15, -0.1) is 4.98 Å². The Balaban J connectivity index is 1.86. The molecule has 1 fully saturated rings. The van der Waals surface area contributed by atoms with Crippen molar-refractivity contribution in [2.75, 3.05) is 20.2 Å². The molecule has 1 aromatic rings. The van der Waals surface area contributed by atoms with Crippen molar-refractivity contribution < 1.29 is 9.47 Å². The molecule has 0 atom stereocenters. The average Bonchev–Trinajstić information content (AvgIpc) is 3.10. The van der Waals surface area contributed by atoms with E-state index < -0.39 is 0 Å². The van der Waals surface area contributed by atoms with Gasteiger partial charge in [0.1, 0.15) is 6.61 Å². The molecule has 0 unspecified atom stereocenters. The second-order valence-electron chi connectivity index (χ2n) is 4.90. The van der Waals surface area contributed by atoms with Gasteiger partial charge >= 0.3 is 12.0 Å². The molecule has 7 heteroatoms. The smallest absolute Gasteiger partial charge is 0.324 e. The number of hydrogen-bond donors (Lipinski definition) is 0. The first-order valence-electron chi connectivity index (χ1n) is 6.46. The van der Waals surface area contributed by atoms with Gasteiger partial charge in [-0.05, 0) is 45.3 Å². The van der Waals surface area contributed by atoms with Crippen LogP contribution in [0, 0.1) is 0 Å². The van der Waals surface area contributed by atoms with Crippen LogP contribution in [0.15, 0.2) is 0 Å². The van der Waals surface area contributed by atoms with Crippen LogP contribution in [0.5, 0.6) is 12.0 Å². The first kappa shape index (κ1) is 14.3. The molecule has 6 nitrogen and oxygen atoms in total. The maximum atomic E-state index is 5.80. The minimum atomic E-state index is -0.0210. The van der Waals surface area contributed by atoms with E-state index in [2.05, 4.69) is 26.9 Å². The largest absolute Gasteiger partial charge is 0.462 e. The normalized spacial score (nSPS) is 15.1. The van der Waals surface area contributed by atoms with Crippen molar-refractivity contribution in [3.63, 3.8) is 0 Å². The van der Waals surface area contributed by atoms with E-state index in [1.165, 1.54) is 12.8 Å². The van der Waals surface area contributed by atoms with Crippen LogP contribution in [0.1, 0.15) is 26.7 Å². The van der Waals surface area contributed by atoms with E-state index in [0.29, 0.717) is 12.6 Å². The zero-order valence-electron chi connectivity index (χ0n) is 11.5. The van der Waals surface area contributed by atoms with Crippen LogP contribution < -0.4 is 9.47 Å². The molecular weight excluding hydrogens is 268 g/mol. The number of likely N-dealkylation sites (N-methyl/N-ethyl adjacent to an activating group) is 1. The molecule has 1 heterocycles. The molecule has 0 radical (unpaired) electrons. The van der Waals surface area contributed by atoms with Crippen molar-refractivity contribution >= 4 is 11.6 Å². The number of aromatic nitrogens is 3. The lowest BCUT2D eigenvalue weighted by Crippen LogP contribution is -2.26. The third-order valence-corrected chi connectivity index (χ3v) is 2.92. The van der Waals surface area contributed by atoms with Gasteiger partial charge in [-0.3, -0.25) is 0 Å². The molecule has 0 aromatic carbocycles. The van der Waals surface area contributed by atoms with E-state index in [0.717, 1.165) is 6.54 Å². The molecule has 1 saturated carbocycles. The molecule has 0 saturated heterocycles. The summed E-state index contributed by atoms with van der Waals surface area (Å²) in [6.07, 6.45) is 2.54. The van der Waals surface area contributed by atoms with Crippen molar-refractivity contribution in [2.45, 2.75) is 38.8 Å². The van der Waals surface area contributed by atoms with Crippen molar-refractivity contribution in [3.05, 3.63) is 5.28 Å². The first-order chi connectivity index (χ1) is 9.04. The Hall–Kier alpha value is -1.14. The van der Waals surface area contributed by atoms with E-state index in [-0.39, 0.29) is 23.4 Å². The van der Waals surface area contributed by atoms with Gasteiger partial charge in [0.2, 0.25) is 5.28 Å². The SMILES string of the molecule is CC(C)Oc1nc(Cl)nc(OCCN(C)C2CC2)n1. The fourth-order valence-electron chi connectivity index (χ4n) is 1.62. The van der Waals surface area contributed by atoms with E-state index >= 15 is 0 Å². The molecule has 106 valence electrons. The molecule has 0 bridgehead atoms. The number of nitrogens with zero attached hydrogens (tertiary/aromatic N) is 4. The Morgan fingerprint density at radius 3 is 2.58 bits per heavy atom. The van der Waals surface area contributed by atoms with Crippen molar-refractivity contribution in [1.82, 2.24) is 19.9 Å². The van der Waals surface area contributed by atoms with Gasteiger partial charge in [0, 0.05) is 12.6 Å². The third-order valence-electron chi connectivity index (χ3n) is 2.75. The lowest BCUT2D eigenvalue weighted by molar-refractivity contribution is 0.200. The summed E-state index contributed by atoms with van der Waals surface area (Å²) < 4.78 is 10.9. The Kier molecular flexibility index (Phi) is 4.76. The topological polar surface area (TPSA) is 60.4 Å². The number of halogens is 1. The molecule has 1 aliphatic carbocycles. The fraction of sp³-hybridized carbons (Fsp3) is 0.750. The zero-order valence-corrected chi connectivity index (χ0v) is 12.2. The molecule has 0 amide bonds. The van der Waals surface area contributed by atoms with Crippen LogP contribution in [0.25, 0.3) is 0 Å². The second kappa shape index (κ2) is 6.34. The van der Waals surface area contributed by atoms with Gasteiger partial charge in [-0.1, -0.05) is 0 Å². The first-order valence-corrected chi connectivity index (χ1v) is 6.83. The van der Waals surface area contributed by atoms with Crippen LogP contribution in [0.2, 0.25) is 5.28 Å². The highest BCUT2D eigenvalue weighted by atomic mass is 35.5. The predicted molar refractivity (Wildman–Crippen MR) is 71.7 cm³/mol. The summed E-state index contributed by atoms with van der Waals surface area (Å²) in [6, 6.07) is 1.12. The Morgan fingerprint density at radius 1 is 1.26 bits per heavy atom. The molecule has 2 rings (SSSR count). The van der Waals surface area contributed by atoms with Crippen LogP contribution in [0.4, 0.5) is 0 Å². The van der Waals surface area contributed by atoms with E-state index in [4.69, 9.17) is 21.1 Å². The van der Waals surface area contributed by atoms with Crippen molar-refractivity contribution in [3.8, 4) is 12.0 Å². The highest BCUT2D eigenvalue weighted by Crippen LogP contribution is 2.24. The summed E-state index contributed by atoms with van der Waals surface area (Å²) in [7, 11) is 2.09. The van der Waals surface area contributed by atoms with Gasteiger partial charge < -0.3 is 14.4 Å². The minimum Gasteiger partial charge on any atom is -0.462 e. The highest BCUT2D eigenvalue weighted by molar-refractivity contribution is 6.28. The van der Waals surface area contributed by atoms with Crippen molar-refractivity contribution in [2.24, 2.45) is 0 Å². The molecule has 0 spiro atoms. The molecule has 1 aliphatic rings. The third kappa shape index (κ3) is 4.80. The zero-order chi connectivity index (χ0) is 13.8. The molecule has 19 heavy (non-hydrogen) atoms. The predicted octanol–water partition coefficient (Wildman–Crippen LogP) is 1.79. The number of ether oxygens (including phenoxy) is 2. The van der Waals surface area contributed by atoms with Crippen LogP contribution in [-0.4, -0.2) is 52.2 Å². The molecule has 0 aliphatic heterocycles. The van der Waals surface area contributed by atoms with Gasteiger partial charge in [0.15, 0.2) is 0 Å². The summed E-state index contributed by atoms with van der Waals surface area (Å²) in [5, 5.41) is 0.0798. The summed E-state index contributed by atoms with van der Waals surface area (Å²) in [5.41, 5.74) is 0. The van der Waals surface area contributed by atoms with E-state index in [1.807, 2.05) is 13.8 Å². The fourth-order valence-corrected chi connectivity index (χ4v) is 1.77. The van der Waals surface area contributed by atoms with E-state index in [9.17, 15) is 0 Å². The molecule has 0 N–H and O–H groups in total. The molecule has 1 aromatic heterocycles. The van der Waals surface area contributed by atoms with Gasteiger partial charge in [0.25, 0.3) is 0 Å². The maximum absolute atomic E-state index is 5.80. The highest BCUT2D eigenvalue weighted by Gasteiger charge is 2.25. The van der Waals surface area contributed by atoms with Crippen LogP contribution in [-0.2, 0) is 0 Å². The average molecular weight is 287 g/mol. The lowest BCUT2D eigenvalue weighted by atomic mass is 10.5. The van der Waals surface area contributed by atoms with E-state index in [1.54, 1.807) is 0 Å². The Morgan fingerprint density at radius 2 is 1.95 bits per heavy atom.